The van der Waals surface area contributed by atoms with Gasteiger partial charge in [0.2, 0.25) is 5.91 Å². The van der Waals surface area contributed by atoms with Gasteiger partial charge in [0.15, 0.2) is 5.60 Å². The monoisotopic (exact) mass is 726 g/mol. The summed E-state index contributed by atoms with van der Waals surface area (Å²) in [6, 6.07) is 24.9. The lowest BCUT2D eigenvalue weighted by Crippen LogP contribution is -2.44. The van der Waals surface area contributed by atoms with Gasteiger partial charge in [0.05, 0.1) is 35.3 Å². The van der Waals surface area contributed by atoms with Gasteiger partial charge in [0.1, 0.15) is 0 Å². The molecule has 2 aliphatic rings. The second-order valence-corrected chi connectivity index (χ2v) is 14.4. The summed E-state index contributed by atoms with van der Waals surface area (Å²) in [6.45, 7) is 8.83. The average Bonchev–Trinajstić information content (AvgIpc) is 3.73. The average molecular weight is 727 g/mol. The Bertz CT molecular complexity index is 2060. The fourth-order valence-electron chi connectivity index (χ4n) is 7.06. The van der Waals surface area contributed by atoms with E-state index in [1.807, 2.05) is 92.0 Å². The lowest BCUT2D eigenvalue weighted by Gasteiger charge is -2.28. The number of nitrogens with zero attached hydrogens (tertiary/aromatic N) is 6. The molecule has 6 rings (SSSR count). The van der Waals surface area contributed by atoms with E-state index < -0.39 is 17.4 Å². The van der Waals surface area contributed by atoms with Crippen molar-refractivity contribution in [3.05, 3.63) is 143 Å². The first-order valence-electron chi connectivity index (χ1n) is 18.8. The van der Waals surface area contributed by atoms with Gasteiger partial charge < -0.3 is 15.1 Å². The van der Waals surface area contributed by atoms with Crippen molar-refractivity contribution in [3.63, 3.8) is 0 Å². The van der Waals surface area contributed by atoms with Crippen molar-refractivity contribution in [2.24, 2.45) is 11.0 Å². The van der Waals surface area contributed by atoms with Crippen molar-refractivity contribution in [1.82, 2.24) is 15.0 Å². The molecule has 0 spiro atoms. The fraction of sp³-hybridized carbons (Fsp3) is 0.341. The van der Waals surface area contributed by atoms with Gasteiger partial charge in [-0.05, 0) is 69.4 Å². The van der Waals surface area contributed by atoms with Crippen molar-refractivity contribution in [2.75, 3.05) is 23.1 Å². The zero-order valence-electron chi connectivity index (χ0n) is 31.6. The van der Waals surface area contributed by atoms with E-state index in [-0.39, 0.29) is 18.4 Å². The second-order valence-electron chi connectivity index (χ2n) is 14.4. The summed E-state index contributed by atoms with van der Waals surface area (Å²) in [5.74, 6) is -1.42. The first-order valence-corrected chi connectivity index (χ1v) is 18.8. The molecule has 0 aliphatic carbocycles. The lowest BCUT2D eigenvalue weighted by molar-refractivity contribution is -0.139. The van der Waals surface area contributed by atoms with Gasteiger partial charge in [0, 0.05) is 43.6 Å². The SMILES string of the molecule is CC(C)=CCC/C(C)=C/CN1C(=O)[C@@](O)([C@@H](C)/C=C/CCn2cc(C(CO)c3ccccc3)nn2)c2cc(N3N=C(c4ccccc4)CCC3=O)ccc21. The Kier molecular flexibility index (Phi) is 12.1. The number of hydrogen-bond donors (Lipinski definition) is 2. The summed E-state index contributed by atoms with van der Waals surface area (Å²) < 4.78 is 1.74. The van der Waals surface area contributed by atoms with Crippen molar-refractivity contribution >= 4 is 28.9 Å². The predicted octanol–water partition coefficient (Wildman–Crippen LogP) is 7.44. The van der Waals surface area contributed by atoms with Gasteiger partial charge in [-0.1, -0.05) is 108 Å². The molecule has 3 aromatic carbocycles. The van der Waals surface area contributed by atoms with E-state index in [4.69, 9.17) is 5.10 Å². The molecule has 54 heavy (non-hydrogen) atoms. The maximum atomic E-state index is 14.3. The molecule has 10 heteroatoms. The first-order chi connectivity index (χ1) is 26.1. The van der Waals surface area contributed by atoms with E-state index in [1.54, 1.807) is 21.7 Å². The molecule has 0 saturated carbocycles. The third-order valence-corrected chi connectivity index (χ3v) is 10.3. The molecule has 4 aromatic rings. The number of aryl methyl sites for hydroxylation is 1. The molecule has 0 bridgehead atoms. The number of carbonyl (C=O) groups excluding carboxylic acids is 2. The van der Waals surface area contributed by atoms with Crippen LogP contribution in [-0.4, -0.2) is 55.9 Å². The normalized spacial score (nSPS) is 18.6. The van der Waals surface area contributed by atoms with Crippen LogP contribution in [0, 0.1) is 5.92 Å². The highest BCUT2D eigenvalue weighted by Gasteiger charge is 2.52. The smallest absolute Gasteiger partial charge is 0.264 e. The molecule has 280 valence electrons. The zero-order chi connectivity index (χ0) is 38.2. The van der Waals surface area contributed by atoms with Crippen molar-refractivity contribution in [3.8, 4) is 0 Å². The van der Waals surface area contributed by atoms with Gasteiger partial charge in [-0.25, -0.2) is 5.01 Å². The maximum Gasteiger partial charge on any atom is 0.264 e. The highest BCUT2D eigenvalue weighted by Crippen LogP contribution is 2.47. The minimum absolute atomic E-state index is 0.0787. The molecule has 2 aliphatic heterocycles. The molecule has 1 unspecified atom stereocenters. The number of anilines is 2. The van der Waals surface area contributed by atoms with Gasteiger partial charge in [-0.15, -0.1) is 5.10 Å². The van der Waals surface area contributed by atoms with Crippen LogP contribution in [0.2, 0.25) is 0 Å². The van der Waals surface area contributed by atoms with E-state index in [0.29, 0.717) is 55.0 Å². The minimum atomic E-state index is -1.87. The number of carbonyl (C=O) groups is 2. The third-order valence-electron chi connectivity index (χ3n) is 10.3. The molecule has 2 amide bonds. The van der Waals surface area contributed by atoms with Crippen LogP contribution in [0.15, 0.2) is 126 Å². The Balaban J connectivity index is 1.25. The number of benzene rings is 3. The Hall–Kier alpha value is -5.45. The number of rotatable bonds is 15. The quantitative estimate of drug-likeness (QED) is 0.123. The lowest BCUT2D eigenvalue weighted by atomic mass is 9.82. The van der Waals surface area contributed by atoms with Crippen LogP contribution in [0.3, 0.4) is 0 Å². The van der Waals surface area contributed by atoms with Crippen LogP contribution < -0.4 is 9.91 Å². The van der Waals surface area contributed by atoms with Crippen LogP contribution in [0.5, 0.6) is 0 Å². The number of aromatic nitrogens is 3. The molecule has 0 radical (unpaired) electrons. The highest BCUT2D eigenvalue weighted by atomic mass is 16.3. The van der Waals surface area contributed by atoms with Gasteiger partial charge in [-0.3, -0.25) is 14.3 Å². The van der Waals surface area contributed by atoms with Crippen molar-refractivity contribution in [1.29, 1.82) is 0 Å². The molecule has 2 N–H and O–H groups in total. The zero-order valence-corrected chi connectivity index (χ0v) is 31.6. The first kappa shape index (κ1) is 38.3. The number of aliphatic hydroxyl groups excluding tert-OH is 1. The number of hydrazone groups is 1. The third kappa shape index (κ3) is 8.35. The molecule has 3 atom stereocenters. The van der Waals surface area contributed by atoms with E-state index >= 15 is 0 Å². The van der Waals surface area contributed by atoms with Crippen molar-refractivity contribution < 1.29 is 19.8 Å². The number of aliphatic hydroxyl groups is 2. The van der Waals surface area contributed by atoms with E-state index in [0.717, 1.165) is 35.3 Å². The summed E-state index contributed by atoms with van der Waals surface area (Å²) in [5.41, 5.74) is 5.53. The Morgan fingerprint density at radius 2 is 1.69 bits per heavy atom. The van der Waals surface area contributed by atoms with Crippen LogP contribution in [0.1, 0.15) is 88.1 Å². The van der Waals surface area contributed by atoms with Gasteiger partial charge in [-0.2, -0.15) is 5.10 Å². The standard InChI is InChI=1S/C44H50N6O4/c1-31(2)14-13-15-32(3)25-27-49-41-23-21-36(50-42(52)24-22-39(46-50)35-19-9-6-10-20-35)28-38(41)44(54,43(49)53)33(4)16-11-12-26-48-29-40(45-47-48)37(30-51)34-17-7-5-8-18-34/h5-11,14,16-21,23,25,28-29,33,37,51,54H,12-13,15,22,24,26-27,30H2,1-4H3/b16-11+,32-25+/t33-,37?,44+/m0/s1. The maximum absolute atomic E-state index is 14.3. The molecular formula is C44H50N6O4. The Labute approximate surface area is 317 Å². The largest absolute Gasteiger partial charge is 0.395 e. The van der Waals surface area contributed by atoms with E-state index in [9.17, 15) is 19.8 Å². The van der Waals surface area contributed by atoms with E-state index in [2.05, 4.69) is 43.2 Å². The van der Waals surface area contributed by atoms with E-state index in [1.165, 1.54) is 10.6 Å². The van der Waals surface area contributed by atoms with Gasteiger partial charge in [0.25, 0.3) is 5.91 Å². The Morgan fingerprint density at radius 1 is 0.944 bits per heavy atom. The van der Waals surface area contributed by atoms with Crippen LogP contribution >= 0.6 is 0 Å². The topological polar surface area (TPSA) is 124 Å². The van der Waals surface area contributed by atoms with Crippen LogP contribution in [-0.2, 0) is 21.7 Å². The molecule has 10 nitrogen and oxygen atoms in total. The van der Waals surface area contributed by atoms with Gasteiger partial charge >= 0.3 is 0 Å². The fourth-order valence-corrected chi connectivity index (χ4v) is 7.06. The molecule has 0 saturated heterocycles. The number of amides is 2. The molecular weight excluding hydrogens is 677 g/mol. The number of hydrogen-bond acceptors (Lipinski definition) is 7. The second kappa shape index (κ2) is 17.1. The number of allylic oxidation sites excluding steroid dienone is 4. The summed E-state index contributed by atoms with van der Waals surface area (Å²) in [5, 5.41) is 37.3. The van der Waals surface area contributed by atoms with Crippen molar-refractivity contribution in [2.45, 2.75) is 77.9 Å². The summed E-state index contributed by atoms with van der Waals surface area (Å²) in [7, 11) is 0. The minimum Gasteiger partial charge on any atom is -0.395 e. The van der Waals surface area contributed by atoms with Crippen LogP contribution in [0.25, 0.3) is 0 Å². The Morgan fingerprint density at radius 3 is 2.41 bits per heavy atom. The highest BCUT2D eigenvalue weighted by molar-refractivity contribution is 6.10. The summed E-state index contributed by atoms with van der Waals surface area (Å²) >= 11 is 0. The predicted molar refractivity (Wildman–Crippen MR) is 213 cm³/mol. The summed E-state index contributed by atoms with van der Waals surface area (Å²) in [6.07, 6.45) is 13.1. The molecule has 3 heterocycles. The molecule has 0 fully saturated rings. The number of fused-ring (bicyclic) bond motifs is 1. The molecule has 1 aromatic heterocycles. The van der Waals surface area contributed by atoms with Crippen LogP contribution in [0.4, 0.5) is 11.4 Å². The summed E-state index contributed by atoms with van der Waals surface area (Å²) in [4.78, 5) is 29.2.